The van der Waals surface area contributed by atoms with Crippen LogP contribution < -0.4 is 10.2 Å². The summed E-state index contributed by atoms with van der Waals surface area (Å²) in [7, 11) is 0. The van der Waals surface area contributed by atoms with E-state index in [4.69, 9.17) is 4.99 Å². The van der Waals surface area contributed by atoms with Crippen LogP contribution in [-0.2, 0) is 4.79 Å². The van der Waals surface area contributed by atoms with Crippen LogP contribution in [0.4, 0.5) is 5.69 Å². The number of amides is 1. The Kier molecular flexibility index (Phi) is 5.70. The molecule has 0 aromatic heterocycles. The number of nitrogens with one attached hydrogen (secondary N) is 1. The number of nitrogens with zero attached hydrogens (tertiary/aromatic N) is 3. The van der Waals surface area contributed by atoms with Crippen LogP contribution in [0.25, 0.3) is 0 Å². The zero-order valence-electron chi connectivity index (χ0n) is 18.4. The smallest absolute Gasteiger partial charge is 0.222 e. The molecular weight excluding hydrogens is 372 g/mol. The van der Waals surface area contributed by atoms with Gasteiger partial charge in [-0.15, -0.1) is 0 Å². The van der Waals surface area contributed by atoms with Crippen LogP contribution in [0.15, 0.2) is 29.3 Å². The highest BCUT2D eigenvalue weighted by Crippen LogP contribution is 2.49. The zero-order chi connectivity index (χ0) is 20.5. The lowest BCUT2D eigenvalue weighted by atomic mass is 9.98. The van der Waals surface area contributed by atoms with Crippen molar-refractivity contribution >= 4 is 17.6 Å². The first kappa shape index (κ1) is 19.9. The van der Waals surface area contributed by atoms with E-state index in [1.165, 1.54) is 36.9 Å². The van der Waals surface area contributed by atoms with E-state index in [1.807, 2.05) is 0 Å². The number of likely N-dealkylation sites (tertiary alicyclic amines) is 1. The van der Waals surface area contributed by atoms with Crippen molar-refractivity contribution in [1.82, 2.24) is 10.2 Å². The SMILES string of the molecule is CCNC(=NCC(C1CC1)C1CC1)N1CC(CCN2CCCC2=O)c2ccccc21. The van der Waals surface area contributed by atoms with Crippen molar-refractivity contribution in [2.75, 3.05) is 37.6 Å². The Morgan fingerprint density at radius 3 is 2.63 bits per heavy atom. The molecule has 5 nitrogen and oxygen atoms in total. The third kappa shape index (κ3) is 4.21. The van der Waals surface area contributed by atoms with Gasteiger partial charge in [-0.05, 0) is 74.8 Å². The van der Waals surface area contributed by atoms with E-state index in [2.05, 4.69) is 46.3 Å². The molecule has 2 aliphatic carbocycles. The van der Waals surface area contributed by atoms with Crippen LogP contribution in [0.3, 0.4) is 0 Å². The van der Waals surface area contributed by atoms with Gasteiger partial charge in [0.2, 0.25) is 5.91 Å². The van der Waals surface area contributed by atoms with Gasteiger partial charge in [0.05, 0.1) is 0 Å². The first-order chi connectivity index (χ1) is 14.7. The summed E-state index contributed by atoms with van der Waals surface area (Å²) < 4.78 is 0. The largest absolute Gasteiger partial charge is 0.356 e. The fourth-order valence-electron chi connectivity index (χ4n) is 5.51. The number of hydrogen-bond acceptors (Lipinski definition) is 2. The number of rotatable bonds is 8. The molecule has 162 valence electrons. The molecule has 0 spiro atoms. The van der Waals surface area contributed by atoms with Crippen LogP contribution in [0.2, 0.25) is 0 Å². The van der Waals surface area contributed by atoms with Gasteiger partial charge >= 0.3 is 0 Å². The van der Waals surface area contributed by atoms with E-state index in [1.54, 1.807) is 0 Å². The average molecular weight is 409 g/mol. The lowest BCUT2D eigenvalue weighted by Gasteiger charge is -2.24. The van der Waals surface area contributed by atoms with Crippen molar-refractivity contribution in [3.63, 3.8) is 0 Å². The van der Waals surface area contributed by atoms with Crippen molar-refractivity contribution in [3.05, 3.63) is 29.8 Å². The van der Waals surface area contributed by atoms with Crippen LogP contribution in [0.1, 0.15) is 63.4 Å². The van der Waals surface area contributed by atoms with Crippen molar-refractivity contribution in [3.8, 4) is 0 Å². The summed E-state index contributed by atoms with van der Waals surface area (Å²) in [6, 6.07) is 8.80. The van der Waals surface area contributed by atoms with Crippen LogP contribution >= 0.6 is 0 Å². The lowest BCUT2D eigenvalue weighted by molar-refractivity contribution is -0.127. The van der Waals surface area contributed by atoms with Crippen molar-refractivity contribution in [2.24, 2.45) is 22.7 Å². The third-order valence-electron chi connectivity index (χ3n) is 7.49. The van der Waals surface area contributed by atoms with Gasteiger partial charge in [-0.2, -0.15) is 0 Å². The Bertz CT molecular complexity index is 786. The molecule has 1 atom stereocenters. The molecule has 0 bridgehead atoms. The number of aliphatic imine (C=N–C) groups is 1. The van der Waals surface area contributed by atoms with E-state index >= 15 is 0 Å². The Morgan fingerprint density at radius 2 is 1.97 bits per heavy atom. The normalized spacial score (nSPS) is 24.1. The number of para-hydroxylation sites is 1. The van der Waals surface area contributed by atoms with E-state index in [-0.39, 0.29) is 0 Å². The highest BCUT2D eigenvalue weighted by molar-refractivity contribution is 5.98. The fourth-order valence-corrected chi connectivity index (χ4v) is 5.51. The quantitative estimate of drug-likeness (QED) is 0.522. The predicted octanol–water partition coefficient (Wildman–Crippen LogP) is 4.00. The summed E-state index contributed by atoms with van der Waals surface area (Å²) in [5, 5.41) is 3.58. The zero-order valence-corrected chi connectivity index (χ0v) is 18.4. The molecule has 1 unspecified atom stereocenters. The van der Waals surface area contributed by atoms with E-state index < -0.39 is 0 Å². The Morgan fingerprint density at radius 1 is 1.20 bits per heavy atom. The molecule has 1 N–H and O–H groups in total. The molecule has 1 aromatic rings. The number of fused-ring (bicyclic) bond motifs is 1. The van der Waals surface area contributed by atoms with Gasteiger partial charge in [-0.3, -0.25) is 9.79 Å². The van der Waals surface area contributed by atoms with Crippen LogP contribution in [0, 0.1) is 17.8 Å². The predicted molar refractivity (Wildman–Crippen MR) is 122 cm³/mol. The minimum absolute atomic E-state index is 0.333. The van der Waals surface area contributed by atoms with E-state index in [0.29, 0.717) is 11.8 Å². The highest BCUT2D eigenvalue weighted by Gasteiger charge is 2.41. The third-order valence-corrected chi connectivity index (χ3v) is 7.49. The molecule has 30 heavy (non-hydrogen) atoms. The number of carbonyl (C=O) groups is 1. The standard InChI is InChI=1S/C25H36N4O/c1-2-26-25(27-16-22(18-9-10-18)19-11-12-19)29-17-20(21-6-3-4-7-23(21)29)13-15-28-14-5-8-24(28)30/h3-4,6-7,18-20,22H,2,5,8-17H2,1H3,(H,26,27). The van der Waals surface area contributed by atoms with E-state index in [9.17, 15) is 4.79 Å². The van der Waals surface area contributed by atoms with Crippen molar-refractivity contribution in [1.29, 1.82) is 0 Å². The van der Waals surface area contributed by atoms with Crippen molar-refractivity contribution in [2.45, 2.75) is 57.8 Å². The molecule has 5 heteroatoms. The monoisotopic (exact) mass is 408 g/mol. The second kappa shape index (κ2) is 8.60. The average Bonchev–Trinajstić information content (AvgIpc) is 3.69. The number of guanidine groups is 1. The van der Waals surface area contributed by atoms with Crippen LogP contribution in [-0.4, -0.2) is 49.5 Å². The molecule has 3 fully saturated rings. The molecule has 1 aromatic carbocycles. The Labute approximate surface area is 180 Å². The Balaban J connectivity index is 1.31. The van der Waals surface area contributed by atoms with Gasteiger partial charge in [0, 0.05) is 50.7 Å². The second-order valence-electron chi connectivity index (χ2n) is 9.67. The van der Waals surface area contributed by atoms with E-state index in [0.717, 1.165) is 75.7 Å². The molecule has 2 saturated carbocycles. The van der Waals surface area contributed by atoms with Crippen molar-refractivity contribution < 1.29 is 4.79 Å². The van der Waals surface area contributed by atoms with Gasteiger partial charge in [-0.1, -0.05) is 18.2 Å². The number of carbonyl (C=O) groups excluding carboxylic acids is 1. The summed E-state index contributed by atoms with van der Waals surface area (Å²) in [4.78, 5) is 21.7. The fraction of sp³-hybridized carbons (Fsp3) is 0.680. The summed E-state index contributed by atoms with van der Waals surface area (Å²) in [6.45, 7) is 6.80. The molecule has 4 aliphatic rings. The van der Waals surface area contributed by atoms with Crippen LogP contribution in [0.5, 0.6) is 0 Å². The number of anilines is 1. The lowest BCUT2D eigenvalue weighted by Crippen LogP contribution is -2.41. The van der Waals surface area contributed by atoms with Gasteiger partial charge in [-0.25, -0.2) is 0 Å². The maximum Gasteiger partial charge on any atom is 0.222 e. The number of benzene rings is 1. The summed E-state index contributed by atoms with van der Waals surface area (Å²) in [5.41, 5.74) is 2.71. The highest BCUT2D eigenvalue weighted by atomic mass is 16.2. The molecule has 0 radical (unpaired) electrons. The maximum absolute atomic E-state index is 12.0. The van der Waals surface area contributed by atoms with Gasteiger partial charge in [0.25, 0.3) is 0 Å². The maximum atomic E-state index is 12.0. The first-order valence-corrected chi connectivity index (χ1v) is 12.2. The minimum atomic E-state index is 0.333. The summed E-state index contributed by atoms with van der Waals surface area (Å²) in [6.07, 6.45) is 8.44. The first-order valence-electron chi connectivity index (χ1n) is 12.2. The summed E-state index contributed by atoms with van der Waals surface area (Å²) in [5.74, 6) is 4.51. The molecule has 2 aliphatic heterocycles. The minimum Gasteiger partial charge on any atom is -0.356 e. The molecular formula is C25H36N4O. The van der Waals surface area contributed by atoms with Gasteiger partial charge < -0.3 is 15.1 Å². The Hall–Kier alpha value is -2.04. The molecule has 2 heterocycles. The molecule has 1 saturated heterocycles. The second-order valence-corrected chi connectivity index (χ2v) is 9.67. The molecule has 1 amide bonds. The number of hydrogen-bond donors (Lipinski definition) is 1. The molecule has 5 rings (SSSR count). The topological polar surface area (TPSA) is 47.9 Å². The van der Waals surface area contributed by atoms with Gasteiger partial charge in [0.15, 0.2) is 5.96 Å². The summed E-state index contributed by atoms with van der Waals surface area (Å²) >= 11 is 0. The van der Waals surface area contributed by atoms with Gasteiger partial charge in [0.1, 0.15) is 0 Å².